The van der Waals surface area contributed by atoms with Gasteiger partial charge in [0, 0.05) is 28.4 Å². The van der Waals surface area contributed by atoms with Crippen molar-refractivity contribution < 1.29 is 9.53 Å². The quantitative estimate of drug-likeness (QED) is 0.488. The number of carbonyl (C=O) groups excluding carboxylic acids is 1. The lowest BCUT2D eigenvalue weighted by atomic mass is 10.1. The van der Waals surface area contributed by atoms with Crippen molar-refractivity contribution in [2.24, 2.45) is 0 Å². The zero-order valence-corrected chi connectivity index (χ0v) is 15.9. The van der Waals surface area contributed by atoms with E-state index in [1.165, 1.54) is 10.9 Å². The van der Waals surface area contributed by atoms with Crippen LogP contribution in [0.1, 0.15) is 18.9 Å². The van der Waals surface area contributed by atoms with Crippen LogP contribution in [-0.4, -0.2) is 23.5 Å². The van der Waals surface area contributed by atoms with E-state index < -0.39 is 0 Å². The van der Waals surface area contributed by atoms with Crippen molar-refractivity contribution in [2.45, 2.75) is 25.8 Å². The Balaban J connectivity index is 1.31. The molecule has 0 saturated heterocycles. The third-order valence-electron chi connectivity index (χ3n) is 4.96. The summed E-state index contributed by atoms with van der Waals surface area (Å²) in [5.41, 5.74) is 3.39. The van der Waals surface area contributed by atoms with Crippen molar-refractivity contribution in [3.8, 4) is 5.75 Å². The predicted molar refractivity (Wildman–Crippen MR) is 114 cm³/mol. The Morgan fingerprint density at radius 3 is 2.57 bits per heavy atom. The molecule has 0 aliphatic rings. The molecule has 3 aromatic carbocycles. The Labute approximate surface area is 164 Å². The highest BCUT2D eigenvalue weighted by atomic mass is 16.5. The van der Waals surface area contributed by atoms with Crippen LogP contribution in [0.4, 0.5) is 0 Å². The summed E-state index contributed by atoms with van der Waals surface area (Å²) in [5, 5.41) is 5.35. The van der Waals surface area contributed by atoms with Crippen LogP contribution in [0.5, 0.6) is 5.75 Å². The number of ether oxygens (including phenoxy) is 1. The number of amides is 1. The molecule has 0 spiro atoms. The maximum Gasteiger partial charge on any atom is 0.258 e. The van der Waals surface area contributed by atoms with Gasteiger partial charge in [0.15, 0.2) is 6.61 Å². The number of aromatic amines is 1. The Hall–Kier alpha value is -3.27. The largest absolute Gasteiger partial charge is 0.484 e. The first-order chi connectivity index (χ1) is 13.7. The number of para-hydroxylation sites is 1. The molecule has 0 fully saturated rings. The van der Waals surface area contributed by atoms with Crippen LogP contribution in [0.15, 0.2) is 72.8 Å². The van der Waals surface area contributed by atoms with Gasteiger partial charge in [-0.3, -0.25) is 4.79 Å². The smallest absolute Gasteiger partial charge is 0.258 e. The first-order valence-corrected chi connectivity index (χ1v) is 9.65. The third kappa shape index (κ3) is 4.17. The van der Waals surface area contributed by atoms with Gasteiger partial charge < -0.3 is 15.0 Å². The van der Waals surface area contributed by atoms with Crippen molar-refractivity contribution in [2.75, 3.05) is 6.61 Å². The van der Waals surface area contributed by atoms with Gasteiger partial charge in [-0.2, -0.15) is 0 Å². The van der Waals surface area contributed by atoms with E-state index in [2.05, 4.69) is 34.6 Å². The molecule has 1 amide bonds. The normalized spacial score (nSPS) is 12.2. The lowest BCUT2D eigenvalue weighted by Gasteiger charge is -2.14. The molecular formula is C24H24N2O2. The molecule has 1 aromatic heterocycles. The van der Waals surface area contributed by atoms with E-state index in [4.69, 9.17) is 4.74 Å². The fraction of sp³-hybridized carbons (Fsp3) is 0.208. The zero-order valence-electron chi connectivity index (χ0n) is 15.9. The van der Waals surface area contributed by atoms with E-state index in [1.54, 1.807) is 0 Å². The van der Waals surface area contributed by atoms with Crippen molar-refractivity contribution in [1.29, 1.82) is 0 Å². The second-order valence-electron chi connectivity index (χ2n) is 7.16. The van der Waals surface area contributed by atoms with Crippen LogP contribution < -0.4 is 10.1 Å². The van der Waals surface area contributed by atoms with E-state index in [0.717, 1.165) is 29.3 Å². The molecular weight excluding hydrogens is 348 g/mol. The number of benzene rings is 3. The average Bonchev–Trinajstić information content (AvgIpc) is 3.09. The molecule has 1 heterocycles. The molecule has 0 saturated carbocycles. The molecule has 4 nitrogen and oxygen atoms in total. The molecule has 28 heavy (non-hydrogen) atoms. The summed E-state index contributed by atoms with van der Waals surface area (Å²) < 4.78 is 5.70. The molecule has 0 aliphatic heterocycles. The minimum atomic E-state index is -0.0997. The maximum absolute atomic E-state index is 12.2. The van der Waals surface area contributed by atoms with E-state index in [0.29, 0.717) is 5.75 Å². The van der Waals surface area contributed by atoms with Crippen LogP contribution >= 0.6 is 0 Å². The number of hydrogen-bond acceptors (Lipinski definition) is 2. The summed E-state index contributed by atoms with van der Waals surface area (Å²) in [4.78, 5) is 15.6. The number of hydrogen-bond donors (Lipinski definition) is 2. The van der Waals surface area contributed by atoms with E-state index >= 15 is 0 Å². The van der Waals surface area contributed by atoms with Crippen LogP contribution in [-0.2, 0) is 11.2 Å². The summed E-state index contributed by atoms with van der Waals surface area (Å²) in [5.74, 6) is 0.587. The van der Waals surface area contributed by atoms with Gasteiger partial charge in [-0.15, -0.1) is 0 Å². The van der Waals surface area contributed by atoms with Gasteiger partial charge in [-0.05, 0) is 43.5 Å². The minimum absolute atomic E-state index is 0.0153. The highest BCUT2D eigenvalue weighted by molar-refractivity contribution is 6.07. The molecule has 142 valence electrons. The topological polar surface area (TPSA) is 54.1 Å². The molecule has 4 heteroatoms. The van der Waals surface area contributed by atoms with Crippen molar-refractivity contribution in [3.63, 3.8) is 0 Å². The maximum atomic E-state index is 12.2. The first kappa shape index (κ1) is 18.1. The van der Waals surface area contributed by atoms with E-state index in [1.807, 2.05) is 55.5 Å². The Bertz CT molecular complexity index is 1090. The van der Waals surface area contributed by atoms with Crippen LogP contribution in [0.25, 0.3) is 21.8 Å². The van der Waals surface area contributed by atoms with Gasteiger partial charge in [0.1, 0.15) is 5.75 Å². The second kappa shape index (κ2) is 8.17. The number of carbonyl (C=O) groups is 1. The predicted octanol–water partition coefficient (Wildman–Crippen LogP) is 4.84. The number of H-pyrrole nitrogens is 1. The molecule has 4 aromatic rings. The summed E-state index contributed by atoms with van der Waals surface area (Å²) in [6, 6.07) is 24.5. The monoisotopic (exact) mass is 372 g/mol. The van der Waals surface area contributed by atoms with Gasteiger partial charge in [-0.1, -0.05) is 48.5 Å². The Kier molecular flexibility index (Phi) is 5.29. The van der Waals surface area contributed by atoms with Crippen LogP contribution in [0.2, 0.25) is 0 Å². The third-order valence-corrected chi connectivity index (χ3v) is 4.96. The lowest BCUT2D eigenvalue weighted by molar-refractivity contribution is -0.123. The van der Waals surface area contributed by atoms with E-state index in [9.17, 15) is 4.79 Å². The highest BCUT2D eigenvalue weighted by Gasteiger charge is 2.10. The lowest BCUT2D eigenvalue weighted by Crippen LogP contribution is -2.36. The van der Waals surface area contributed by atoms with Crippen LogP contribution in [0.3, 0.4) is 0 Å². The summed E-state index contributed by atoms with van der Waals surface area (Å²) >= 11 is 0. The average molecular weight is 372 g/mol. The van der Waals surface area contributed by atoms with Gasteiger partial charge in [0.2, 0.25) is 0 Å². The number of nitrogens with one attached hydrogen (secondary N) is 2. The molecule has 0 bridgehead atoms. The van der Waals surface area contributed by atoms with Gasteiger partial charge in [-0.25, -0.2) is 0 Å². The fourth-order valence-corrected chi connectivity index (χ4v) is 3.49. The Morgan fingerprint density at radius 1 is 0.964 bits per heavy atom. The summed E-state index contributed by atoms with van der Waals surface area (Å²) in [6.07, 6.45) is 1.84. The number of aromatic nitrogens is 1. The van der Waals surface area contributed by atoms with Gasteiger partial charge in [0.25, 0.3) is 5.91 Å². The second-order valence-corrected chi connectivity index (χ2v) is 7.16. The SMILES string of the molecule is CC(CCc1ccccc1)NC(=O)COc1ccc2c(c1)[nH]c1ccccc12. The molecule has 2 N–H and O–H groups in total. The molecule has 1 atom stereocenters. The van der Waals surface area contributed by atoms with Crippen molar-refractivity contribution >= 4 is 27.7 Å². The Morgan fingerprint density at radius 2 is 1.71 bits per heavy atom. The van der Waals surface area contributed by atoms with Gasteiger partial charge >= 0.3 is 0 Å². The molecule has 1 unspecified atom stereocenters. The van der Waals surface area contributed by atoms with Crippen molar-refractivity contribution in [1.82, 2.24) is 10.3 Å². The molecule has 0 aliphatic carbocycles. The van der Waals surface area contributed by atoms with Gasteiger partial charge in [0.05, 0.1) is 5.52 Å². The summed E-state index contributed by atoms with van der Waals surface area (Å²) in [6.45, 7) is 2.04. The molecule has 4 rings (SSSR count). The highest BCUT2D eigenvalue weighted by Crippen LogP contribution is 2.28. The first-order valence-electron chi connectivity index (χ1n) is 9.65. The van der Waals surface area contributed by atoms with E-state index in [-0.39, 0.29) is 18.6 Å². The standard InChI is InChI=1S/C24H24N2O2/c1-17(11-12-18-7-3-2-4-8-18)25-24(27)16-28-19-13-14-21-20-9-5-6-10-22(20)26-23(21)15-19/h2-10,13-15,17,26H,11-12,16H2,1H3,(H,25,27). The summed E-state index contributed by atoms with van der Waals surface area (Å²) in [7, 11) is 0. The minimum Gasteiger partial charge on any atom is -0.484 e. The number of fused-ring (bicyclic) bond motifs is 3. The molecule has 0 radical (unpaired) electrons. The van der Waals surface area contributed by atoms with Crippen LogP contribution in [0, 0.1) is 0 Å². The van der Waals surface area contributed by atoms with Crippen molar-refractivity contribution in [3.05, 3.63) is 78.4 Å². The zero-order chi connectivity index (χ0) is 19.3. The number of aryl methyl sites for hydroxylation is 1. The number of rotatable bonds is 7. The fourth-order valence-electron chi connectivity index (χ4n) is 3.49.